The van der Waals surface area contributed by atoms with Crippen molar-refractivity contribution in [1.82, 2.24) is 19.8 Å². The Morgan fingerprint density at radius 3 is 2.65 bits per heavy atom. The molecule has 6 rings (SSSR count). The third kappa shape index (κ3) is 5.32. The van der Waals surface area contributed by atoms with Gasteiger partial charge in [0.15, 0.2) is 11.5 Å². The van der Waals surface area contributed by atoms with E-state index in [2.05, 4.69) is 57.4 Å². The van der Waals surface area contributed by atoms with Gasteiger partial charge in [-0.25, -0.2) is 9.97 Å². The fourth-order valence-corrected chi connectivity index (χ4v) is 5.76. The van der Waals surface area contributed by atoms with Crippen molar-refractivity contribution >= 4 is 39.7 Å². The average Bonchev–Trinajstić information content (AvgIpc) is 3.63. The van der Waals surface area contributed by atoms with Crippen molar-refractivity contribution in [3.8, 4) is 27.7 Å². The van der Waals surface area contributed by atoms with Crippen molar-refractivity contribution in [3.05, 3.63) is 66.8 Å². The lowest BCUT2D eigenvalue weighted by atomic mass is 10.1. The van der Waals surface area contributed by atoms with Gasteiger partial charge >= 0.3 is 0 Å². The number of rotatable bonds is 9. The molecule has 0 bridgehead atoms. The van der Waals surface area contributed by atoms with Crippen LogP contribution in [-0.2, 0) is 4.79 Å². The van der Waals surface area contributed by atoms with Gasteiger partial charge in [-0.05, 0) is 60.8 Å². The zero-order valence-electron chi connectivity index (χ0n) is 22.5. The van der Waals surface area contributed by atoms with Gasteiger partial charge in [-0.15, -0.1) is 11.3 Å². The van der Waals surface area contributed by atoms with E-state index in [1.54, 1.807) is 23.3 Å². The van der Waals surface area contributed by atoms with Crippen molar-refractivity contribution in [2.45, 2.75) is 18.6 Å². The molecule has 2 aliphatic rings. The molecule has 40 heavy (non-hydrogen) atoms. The van der Waals surface area contributed by atoms with Gasteiger partial charge in [0.25, 0.3) is 0 Å². The molecular weight excluding hydrogens is 526 g/mol. The number of amides is 1. The van der Waals surface area contributed by atoms with E-state index in [-0.39, 0.29) is 18.1 Å². The average molecular weight is 558 g/mol. The van der Waals surface area contributed by atoms with Gasteiger partial charge in [0, 0.05) is 29.4 Å². The zero-order valence-corrected chi connectivity index (χ0v) is 23.3. The second-order valence-corrected chi connectivity index (χ2v) is 11.0. The molecule has 1 N–H and O–H groups in total. The summed E-state index contributed by atoms with van der Waals surface area (Å²) in [4.78, 5) is 26.1. The summed E-state index contributed by atoms with van der Waals surface area (Å²) < 4.78 is 18.3. The lowest BCUT2D eigenvalue weighted by molar-refractivity contribution is -0.134. The molecular formula is C30H31N5O4S. The number of likely N-dealkylation sites (N-methyl/N-ethyl adjacent to an activating group) is 1. The standard InChI is InChI=1S/C30H31N5O4S/c1-4-29(36)35-16-21(17-35)39-27-13-22-23(14-26(27)37-3)31-18-32-30(22)33-24-12-19(28-6-5-11-40-28)7-8-25(24)38-20-9-10-34(2)15-20/h4-8,11-14,18,20-21H,1,9-10,15-17H2,2-3H3,(H,31,32,33). The van der Waals surface area contributed by atoms with Crippen LogP contribution in [0.3, 0.4) is 0 Å². The number of ether oxygens (including phenoxy) is 3. The SMILES string of the molecule is C=CC(=O)N1CC(Oc2cc3c(Nc4cc(-c5cccs5)ccc4OC4CCN(C)C4)ncnc3cc2OC)C1. The van der Waals surface area contributed by atoms with Crippen LogP contribution in [0.1, 0.15) is 6.42 Å². The summed E-state index contributed by atoms with van der Waals surface area (Å²) in [5.41, 5.74) is 2.64. The van der Waals surface area contributed by atoms with E-state index >= 15 is 0 Å². The molecule has 2 saturated heterocycles. The minimum absolute atomic E-state index is 0.0998. The Hall–Kier alpha value is -4.15. The molecule has 0 aliphatic carbocycles. The molecule has 4 aromatic rings. The predicted molar refractivity (Wildman–Crippen MR) is 157 cm³/mol. The Kier molecular flexibility index (Phi) is 7.27. The Labute approximate surface area is 237 Å². The lowest BCUT2D eigenvalue weighted by Crippen LogP contribution is -2.55. The molecule has 1 atom stereocenters. The molecule has 1 amide bonds. The number of carbonyl (C=O) groups is 1. The maximum atomic E-state index is 11.9. The molecule has 4 heterocycles. The van der Waals surface area contributed by atoms with Gasteiger partial charge in [0.1, 0.15) is 30.1 Å². The third-order valence-corrected chi connectivity index (χ3v) is 8.15. The number of fused-ring (bicyclic) bond motifs is 1. The first-order valence-electron chi connectivity index (χ1n) is 13.2. The van der Waals surface area contributed by atoms with Crippen LogP contribution < -0.4 is 19.5 Å². The third-order valence-electron chi connectivity index (χ3n) is 7.23. The van der Waals surface area contributed by atoms with Gasteiger partial charge in [0.2, 0.25) is 5.91 Å². The maximum absolute atomic E-state index is 11.9. The summed E-state index contributed by atoms with van der Waals surface area (Å²) in [7, 11) is 3.71. The van der Waals surface area contributed by atoms with E-state index in [9.17, 15) is 4.79 Å². The Morgan fingerprint density at radius 2 is 1.93 bits per heavy atom. The van der Waals surface area contributed by atoms with E-state index in [1.807, 2.05) is 24.3 Å². The quantitative estimate of drug-likeness (QED) is 0.289. The number of thiophene rings is 1. The highest BCUT2D eigenvalue weighted by Crippen LogP contribution is 2.39. The zero-order chi connectivity index (χ0) is 27.6. The van der Waals surface area contributed by atoms with Crippen molar-refractivity contribution in [3.63, 3.8) is 0 Å². The number of hydrogen-bond acceptors (Lipinski definition) is 9. The number of hydrogen-bond donors (Lipinski definition) is 1. The Balaban J connectivity index is 1.33. The van der Waals surface area contributed by atoms with Gasteiger partial charge in [-0.1, -0.05) is 12.6 Å². The fourth-order valence-electron chi connectivity index (χ4n) is 5.04. The second kappa shape index (κ2) is 11.1. The van der Waals surface area contributed by atoms with Gasteiger partial charge in [0.05, 0.1) is 31.4 Å². The van der Waals surface area contributed by atoms with Crippen molar-refractivity contribution in [2.24, 2.45) is 0 Å². The van der Waals surface area contributed by atoms with E-state index in [1.165, 1.54) is 17.3 Å². The summed E-state index contributed by atoms with van der Waals surface area (Å²) in [5.74, 6) is 2.45. The van der Waals surface area contributed by atoms with E-state index in [4.69, 9.17) is 14.2 Å². The van der Waals surface area contributed by atoms with Crippen LogP contribution in [0.2, 0.25) is 0 Å². The molecule has 2 aromatic carbocycles. The van der Waals surface area contributed by atoms with Crippen molar-refractivity contribution < 1.29 is 19.0 Å². The molecule has 2 aromatic heterocycles. The first kappa shape index (κ1) is 26.1. The number of methoxy groups -OCH3 is 1. The summed E-state index contributed by atoms with van der Waals surface area (Å²) in [5, 5.41) is 6.39. The van der Waals surface area contributed by atoms with Gasteiger partial charge < -0.3 is 29.3 Å². The summed E-state index contributed by atoms with van der Waals surface area (Å²) >= 11 is 1.69. The largest absolute Gasteiger partial charge is 0.493 e. The molecule has 0 radical (unpaired) electrons. The normalized spacial score (nSPS) is 17.4. The van der Waals surface area contributed by atoms with Crippen molar-refractivity contribution in [1.29, 1.82) is 0 Å². The molecule has 2 fully saturated rings. The van der Waals surface area contributed by atoms with Gasteiger partial charge in [-0.2, -0.15) is 0 Å². The first-order chi connectivity index (χ1) is 19.5. The number of likely N-dealkylation sites (tertiary alicyclic amines) is 2. The van der Waals surface area contributed by atoms with E-state index in [0.717, 1.165) is 41.9 Å². The highest BCUT2D eigenvalue weighted by Gasteiger charge is 2.32. The van der Waals surface area contributed by atoms with Crippen LogP contribution >= 0.6 is 11.3 Å². The topological polar surface area (TPSA) is 89.1 Å². The molecule has 1 unspecified atom stereocenters. The fraction of sp³-hybridized carbons (Fsp3) is 0.300. The predicted octanol–water partition coefficient (Wildman–Crippen LogP) is 4.97. The molecule has 0 saturated carbocycles. The van der Waals surface area contributed by atoms with Crippen molar-refractivity contribution in [2.75, 3.05) is 45.7 Å². The van der Waals surface area contributed by atoms with Crippen LogP contribution in [0.5, 0.6) is 17.2 Å². The smallest absolute Gasteiger partial charge is 0.246 e. The minimum Gasteiger partial charge on any atom is -0.493 e. The number of anilines is 2. The number of nitrogens with one attached hydrogen (secondary N) is 1. The maximum Gasteiger partial charge on any atom is 0.246 e. The second-order valence-electron chi connectivity index (χ2n) is 10.0. The summed E-state index contributed by atoms with van der Waals surface area (Å²) in [6.45, 7) is 6.45. The van der Waals surface area contributed by atoms with Gasteiger partial charge in [-0.3, -0.25) is 4.79 Å². The number of benzene rings is 2. The molecule has 10 heteroatoms. The number of aromatic nitrogens is 2. The number of carbonyl (C=O) groups excluding carboxylic acids is 1. The van der Waals surface area contributed by atoms with Crippen LogP contribution in [0.15, 0.2) is 66.8 Å². The highest BCUT2D eigenvalue weighted by atomic mass is 32.1. The minimum atomic E-state index is -0.136. The van der Waals surface area contributed by atoms with E-state index < -0.39 is 0 Å². The molecule has 9 nitrogen and oxygen atoms in total. The Morgan fingerprint density at radius 1 is 1.07 bits per heavy atom. The summed E-state index contributed by atoms with van der Waals surface area (Å²) in [6.07, 6.45) is 3.82. The van der Waals surface area contributed by atoms with E-state index in [0.29, 0.717) is 35.9 Å². The monoisotopic (exact) mass is 557 g/mol. The van der Waals surface area contributed by atoms with Crippen LogP contribution in [0.4, 0.5) is 11.5 Å². The lowest BCUT2D eigenvalue weighted by Gasteiger charge is -2.38. The van der Waals surface area contributed by atoms with Crippen LogP contribution in [0, 0.1) is 0 Å². The van der Waals surface area contributed by atoms with Crippen LogP contribution in [-0.4, -0.2) is 78.2 Å². The van der Waals surface area contributed by atoms with Crippen LogP contribution in [0.25, 0.3) is 21.3 Å². The summed E-state index contributed by atoms with van der Waals surface area (Å²) in [6, 6.07) is 14.1. The number of nitrogens with zero attached hydrogens (tertiary/aromatic N) is 4. The first-order valence-corrected chi connectivity index (χ1v) is 14.1. The molecule has 2 aliphatic heterocycles. The molecule has 206 valence electrons. The molecule has 0 spiro atoms. The highest BCUT2D eigenvalue weighted by molar-refractivity contribution is 7.13. The Bertz CT molecular complexity index is 1540.